The van der Waals surface area contributed by atoms with Crippen molar-refractivity contribution in [2.75, 3.05) is 4.72 Å². The molecule has 0 spiro atoms. The average Bonchev–Trinajstić information content (AvgIpc) is 2.64. The average molecular weight is 441 g/mol. The summed E-state index contributed by atoms with van der Waals surface area (Å²) in [4.78, 5) is 21.5. The van der Waals surface area contributed by atoms with Gasteiger partial charge in [0.25, 0.3) is 0 Å². The Morgan fingerprint density at radius 1 is 1.07 bits per heavy atom. The Balaban J connectivity index is 1.97. The van der Waals surface area contributed by atoms with Crippen LogP contribution in [0.3, 0.4) is 0 Å². The van der Waals surface area contributed by atoms with Crippen LogP contribution in [0.1, 0.15) is 21.7 Å². The second kappa shape index (κ2) is 8.35. The highest BCUT2D eigenvalue weighted by Crippen LogP contribution is 2.27. The number of hydrogen-bond donors (Lipinski definition) is 1. The Morgan fingerprint density at radius 2 is 1.85 bits per heavy atom. The van der Waals surface area contributed by atoms with E-state index in [0.717, 1.165) is 0 Å². The van der Waals surface area contributed by atoms with Crippen LogP contribution in [0.4, 0.5) is 5.69 Å². The molecule has 1 unspecified atom stereocenters. The number of hydrogen-bond acceptors (Lipinski definition) is 4. The molecule has 1 atom stereocenters. The minimum atomic E-state index is -1.71. The third-order valence-electron chi connectivity index (χ3n) is 3.63. The molecule has 3 aromatic rings. The summed E-state index contributed by atoms with van der Waals surface area (Å²) >= 11 is 17.9. The van der Waals surface area contributed by atoms with Crippen molar-refractivity contribution in [1.29, 1.82) is 0 Å². The fourth-order valence-electron chi connectivity index (χ4n) is 2.30. The van der Waals surface area contributed by atoms with E-state index in [2.05, 4.69) is 14.7 Å². The van der Waals surface area contributed by atoms with Gasteiger partial charge in [0, 0.05) is 23.7 Å². The second-order valence-corrected chi connectivity index (χ2v) is 7.93. The summed E-state index contributed by atoms with van der Waals surface area (Å²) in [6.45, 7) is 1.73. The van der Waals surface area contributed by atoms with Crippen LogP contribution < -0.4 is 4.72 Å². The van der Waals surface area contributed by atoms with Crippen LogP contribution in [0.15, 0.2) is 53.7 Å². The smallest absolute Gasteiger partial charge is 0.215 e. The van der Waals surface area contributed by atoms with E-state index in [1.807, 2.05) is 0 Å². The lowest BCUT2D eigenvalue weighted by Crippen LogP contribution is -2.13. The van der Waals surface area contributed by atoms with Gasteiger partial charge in [0.1, 0.15) is 16.7 Å². The molecule has 27 heavy (non-hydrogen) atoms. The first-order chi connectivity index (χ1) is 12.9. The number of benzene rings is 1. The van der Waals surface area contributed by atoms with Crippen LogP contribution in [0.25, 0.3) is 0 Å². The quantitative estimate of drug-likeness (QED) is 0.560. The summed E-state index contributed by atoms with van der Waals surface area (Å²) in [6.07, 6.45) is 2.95. The van der Waals surface area contributed by atoms with Gasteiger partial charge in [0.15, 0.2) is 0 Å². The van der Waals surface area contributed by atoms with Crippen molar-refractivity contribution in [3.63, 3.8) is 0 Å². The Labute approximate surface area is 173 Å². The summed E-state index contributed by atoms with van der Waals surface area (Å²) in [5.74, 6) is -0.356. The lowest BCUT2D eigenvalue weighted by Gasteiger charge is -2.12. The number of pyridine rings is 2. The van der Waals surface area contributed by atoms with E-state index in [9.17, 15) is 9.00 Å². The van der Waals surface area contributed by atoms with E-state index in [4.69, 9.17) is 34.8 Å². The van der Waals surface area contributed by atoms with Crippen molar-refractivity contribution in [2.24, 2.45) is 0 Å². The maximum atomic E-state index is 12.9. The SMILES string of the molecule is Cc1ncccc1C(=O)c1ncc(Cl)cc1NS(=O)c1ccc(Cl)c(Cl)c1. The molecule has 0 fully saturated rings. The molecule has 9 heteroatoms. The third-order valence-corrected chi connectivity index (χ3v) is 5.66. The lowest BCUT2D eigenvalue weighted by atomic mass is 10.1. The number of aryl methyl sites for hydroxylation is 1. The van der Waals surface area contributed by atoms with Gasteiger partial charge >= 0.3 is 0 Å². The topological polar surface area (TPSA) is 72.0 Å². The van der Waals surface area contributed by atoms with Gasteiger partial charge in [0.05, 0.1) is 25.7 Å². The van der Waals surface area contributed by atoms with Gasteiger partial charge in [0.2, 0.25) is 5.78 Å². The third kappa shape index (κ3) is 4.47. The molecule has 2 heterocycles. The predicted octanol–water partition coefficient (Wildman–Crippen LogP) is 5.11. The Bertz CT molecular complexity index is 1060. The Kier molecular flexibility index (Phi) is 6.11. The molecular formula is C18H12Cl3N3O2S. The number of ketones is 1. The zero-order valence-electron chi connectivity index (χ0n) is 13.9. The van der Waals surface area contributed by atoms with Gasteiger partial charge in [-0.05, 0) is 43.3 Å². The van der Waals surface area contributed by atoms with Gasteiger partial charge in [-0.15, -0.1) is 0 Å². The van der Waals surface area contributed by atoms with E-state index >= 15 is 0 Å². The summed E-state index contributed by atoms with van der Waals surface area (Å²) < 4.78 is 15.4. The maximum absolute atomic E-state index is 12.9. The number of nitrogens with zero attached hydrogens (tertiary/aromatic N) is 2. The van der Waals surface area contributed by atoms with Crippen molar-refractivity contribution < 1.29 is 9.00 Å². The maximum Gasteiger partial charge on any atom is 0.215 e. The van der Waals surface area contributed by atoms with Crippen LogP contribution in [-0.4, -0.2) is 20.0 Å². The molecule has 138 valence electrons. The van der Waals surface area contributed by atoms with E-state index in [1.54, 1.807) is 37.4 Å². The fourth-order valence-corrected chi connectivity index (χ4v) is 3.71. The van der Waals surface area contributed by atoms with Gasteiger partial charge in [-0.2, -0.15) is 0 Å². The zero-order chi connectivity index (χ0) is 19.6. The number of nitrogens with one attached hydrogen (secondary N) is 1. The summed E-state index contributed by atoms with van der Waals surface area (Å²) in [5, 5.41) is 0.920. The van der Waals surface area contributed by atoms with E-state index in [-0.39, 0.29) is 22.2 Å². The molecule has 0 saturated heterocycles. The largest absolute Gasteiger partial charge is 0.299 e. The van der Waals surface area contributed by atoms with Gasteiger partial charge in [-0.3, -0.25) is 14.5 Å². The van der Waals surface area contributed by atoms with Crippen LogP contribution in [0, 0.1) is 6.92 Å². The Hall–Kier alpha value is -1.99. The zero-order valence-corrected chi connectivity index (χ0v) is 17.0. The van der Waals surface area contributed by atoms with E-state index in [0.29, 0.717) is 26.2 Å². The van der Waals surface area contributed by atoms with Crippen LogP contribution in [0.2, 0.25) is 15.1 Å². The first kappa shape index (κ1) is 19.8. The van der Waals surface area contributed by atoms with Crippen molar-refractivity contribution in [3.8, 4) is 0 Å². The number of carbonyl (C=O) groups is 1. The first-order valence-electron chi connectivity index (χ1n) is 7.62. The minimum Gasteiger partial charge on any atom is -0.299 e. The van der Waals surface area contributed by atoms with Gasteiger partial charge in [-0.1, -0.05) is 34.8 Å². The molecule has 0 bridgehead atoms. The molecular weight excluding hydrogens is 429 g/mol. The minimum absolute atomic E-state index is 0.0870. The first-order valence-corrected chi connectivity index (χ1v) is 9.90. The molecule has 1 N–H and O–H groups in total. The van der Waals surface area contributed by atoms with Crippen molar-refractivity contribution in [1.82, 2.24) is 9.97 Å². The van der Waals surface area contributed by atoms with Crippen LogP contribution in [0.5, 0.6) is 0 Å². The molecule has 2 aromatic heterocycles. The molecule has 0 aliphatic rings. The van der Waals surface area contributed by atoms with Crippen LogP contribution in [-0.2, 0) is 11.0 Å². The molecule has 3 rings (SSSR count). The van der Waals surface area contributed by atoms with E-state index < -0.39 is 11.0 Å². The molecule has 0 radical (unpaired) electrons. The summed E-state index contributed by atoms with van der Waals surface area (Å²) in [6, 6.07) is 9.40. The van der Waals surface area contributed by atoms with Gasteiger partial charge in [-0.25, -0.2) is 9.19 Å². The number of aromatic nitrogens is 2. The monoisotopic (exact) mass is 439 g/mol. The highest BCUT2D eigenvalue weighted by molar-refractivity contribution is 7.86. The molecule has 5 nitrogen and oxygen atoms in total. The molecule has 0 aliphatic carbocycles. The van der Waals surface area contributed by atoms with Crippen molar-refractivity contribution in [3.05, 3.63) is 80.8 Å². The summed E-state index contributed by atoms with van der Waals surface area (Å²) in [7, 11) is -1.71. The normalized spacial score (nSPS) is 11.9. The number of rotatable bonds is 5. The van der Waals surface area contributed by atoms with Crippen molar-refractivity contribution in [2.45, 2.75) is 11.8 Å². The Morgan fingerprint density at radius 3 is 2.56 bits per heavy atom. The summed E-state index contributed by atoms with van der Waals surface area (Å²) in [5.41, 5.74) is 1.29. The highest BCUT2D eigenvalue weighted by atomic mass is 35.5. The standard InChI is InChI=1S/C18H12Cl3N3O2S/c1-10-13(3-2-6-22-10)18(25)17-16(7-11(19)9-23-17)24-27(26)12-4-5-14(20)15(21)8-12/h2-9,24H,1H3. The predicted molar refractivity (Wildman–Crippen MR) is 108 cm³/mol. The second-order valence-electron chi connectivity index (χ2n) is 5.46. The number of anilines is 1. The van der Waals surface area contributed by atoms with Crippen LogP contribution >= 0.6 is 34.8 Å². The van der Waals surface area contributed by atoms with Gasteiger partial charge < -0.3 is 0 Å². The number of carbonyl (C=O) groups excluding carboxylic acids is 1. The highest BCUT2D eigenvalue weighted by Gasteiger charge is 2.20. The molecule has 1 aromatic carbocycles. The number of halogens is 3. The molecule has 0 amide bonds. The lowest BCUT2D eigenvalue weighted by molar-refractivity contribution is 0.103. The fraction of sp³-hybridized carbons (Fsp3) is 0.0556. The van der Waals surface area contributed by atoms with E-state index in [1.165, 1.54) is 18.3 Å². The molecule has 0 saturated carbocycles. The van der Waals surface area contributed by atoms with Crippen molar-refractivity contribution >= 4 is 57.3 Å². The molecule has 0 aliphatic heterocycles.